The Kier molecular flexibility index (Phi) is 3.64. The van der Waals surface area contributed by atoms with Gasteiger partial charge in [0.15, 0.2) is 0 Å². The number of anilines is 1. The number of benzene rings is 1. The van der Waals surface area contributed by atoms with Crippen molar-refractivity contribution in [2.45, 2.75) is 27.2 Å². The number of carbonyl (C=O) groups excluding carboxylic acids is 1. The van der Waals surface area contributed by atoms with E-state index in [0.717, 1.165) is 0 Å². The summed E-state index contributed by atoms with van der Waals surface area (Å²) in [5.74, 6) is -0.134. The van der Waals surface area contributed by atoms with Gasteiger partial charge in [-0.05, 0) is 44.0 Å². The molecule has 1 amide bonds. The first-order valence-electron chi connectivity index (χ1n) is 6.05. The third-order valence-corrected chi connectivity index (χ3v) is 2.93. The third-order valence-electron chi connectivity index (χ3n) is 2.93. The highest BCUT2D eigenvalue weighted by Crippen LogP contribution is 2.19. The lowest BCUT2D eigenvalue weighted by Crippen LogP contribution is -2.15. The maximum Gasteiger partial charge on any atom is 0.261 e. The summed E-state index contributed by atoms with van der Waals surface area (Å²) in [6.07, 6.45) is 0.614. The van der Waals surface area contributed by atoms with Gasteiger partial charge in [-0.3, -0.25) is 4.79 Å². The van der Waals surface area contributed by atoms with Crippen LogP contribution >= 0.6 is 0 Å². The number of hydrogen-bond donors (Lipinski definition) is 1. The van der Waals surface area contributed by atoms with Crippen LogP contribution < -0.4 is 5.32 Å². The lowest BCUT2D eigenvalue weighted by Gasteiger charge is -2.08. The molecule has 0 spiro atoms. The summed E-state index contributed by atoms with van der Waals surface area (Å²) >= 11 is 0. The van der Waals surface area contributed by atoms with Gasteiger partial charge in [0, 0.05) is 5.69 Å². The van der Waals surface area contributed by atoms with Crippen LogP contribution in [0, 0.1) is 19.7 Å². The van der Waals surface area contributed by atoms with Gasteiger partial charge < -0.3 is 9.84 Å². The first kappa shape index (κ1) is 13.3. The van der Waals surface area contributed by atoms with E-state index in [1.165, 1.54) is 18.2 Å². The summed E-state index contributed by atoms with van der Waals surface area (Å²) < 4.78 is 18.0. The maximum absolute atomic E-state index is 13.0. The molecule has 100 valence electrons. The molecule has 0 aliphatic heterocycles. The van der Waals surface area contributed by atoms with E-state index < -0.39 is 0 Å². The van der Waals surface area contributed by atoms with Crippen molar-refractivity contribution < 1.29 is 13.7 Å². The fourth-order valence-electron chi connectivity index (χ4n) is 1.90. The molecule has 2 rings (SSSR count). The average molecular weight is 262 g/mol. The Hall–Kier alpha value is -2.17. The number of aromatic nitrogens is 1. The molecule has 1 aromatic carbocycles. The highest BCUT2D eigenvalue weighted by atomic mass is 19.1. The van der Waals surface area contributed by atoms with Gasteiger partial charge in [0.25, 0.3) is 5.91 Å². The molecule has 1 heterocycles. The van der Waals surface area contributed by atoms with Crippen LogP contribution in [0.1, 0.15) is 34.3 Å². The lowest BCUT2D eigenvalue weighted by molar-refractivity contribution is 0.102. The zero-order valence-electron chi connectivity index (χ0n) is 11.1. The zero-order valence-corrected chi connectivity index (χ0v) is 11.1. The Morgan fingerprint density at radius 2 is 2.16 bits per heavy atom. The topological polar surface area (TPSA) is 55.1 Å². The van der Waals surface area contributed by atoms with E-state index in [0.29, 0.717) is 34.7 Å². The van der Waals surface area contributed by atoms with E-state index in [9.17, 15) is 9.18 Å². The second-order valence-electron chi connectivity index (χ2n) is 4.33. The predicted molar refractivity (Wildman–Crippen MR) is 69.7 cm³/mol. The molecule has 0 aliphatic rings. The molecule has 0 bridgehead atoms. The van der Waals surface area contributed by atoms with Gasteiger partial charge in [-0.15, -0.1) is 0 Å². The highest BCUT2D eigenvalue weighted by molar-refractivity contribution is 6.06. The van der Waals surface area contributed by atoms with Crippen LogP contribution in [-0.2, 0) is 6.42 Å². The molecular weight excluding hydrogens is 247 g/mol. The smallest absolute Gasteiger partial charge is 0.261 e. The molecule has 0 saturated heterocycles. The van der Waals surface area contributed by atoms with E-state index in [4.69, 9.17) is 4.52 Å². The number of halogens is 1. The third kappa shape index (κ3) is 2.65. The molecule has 0 atom stereocenters. The van der Waals surface area contributed by atoms with Crippen molar-refractivity contribution in [1.82, 2.24) is 5.16 Å². The van der Waals surface area contributed by atoms with E-state index in [1.807, 2.05) is 6.92 Å². The fraction of sp³-hybridized carbons (Fsp3) is 0.286. The lowest BCUT2D eigenvalue weighted by atomic mass is 10.1. The van der Waals surface area contributed by atoms with Crippen LogP contribution in [-0.4, -0.2) is 11.1 Å². The molecule has 1 N–H and O–H groups in total. The summed E-state index contributed by atoms with van der Waals surface area (Å²) in [6, 6.07) is 4.22. The number of aryl methyl sites for hydroxylation is 3. The van der Waals surface area contributed by atoms with Gasteiger partial charge in [-0.1, -0.05) is 12.1 Å². The van der Waals surface area contributed by atoms with Crippen LogP contribution in [0.15, 0.2) is 22.7 Å². The Balaban J connectivity index is 2.28. The second-order valence-corrected chi connectivity index (χ2v) is 4.33. The first-order valence-corrected chi connectivity index (χ1v) is 6.05. The predicted octanol–water partition coefficient (Wildman–Crippen LogP) is 3.25. The van der Waals surface area contributed by atoms with Crippen LogP contribution in [0.4, 0.5) is 10.1 Å². The minimum Gasteiger partial charge on any atom is -0.361 e. The number of hydrogen-bond acceptors (Lipinski definition) is 3. The van der Waals surface area contributed by atoms with E-state index in [2.05, 4.69) is 10.5 Å². The molecule has 4 nitrogen and oxygen atoms in total. The van der Waals surface area contributed by atoms with Crippen molar-refractivity contribution in [3.05, 3.63) is 46.6 Å². The molecule has 0 fully saturated rings. The maximum atomic E-state index is 13.0. The van der Waals surface area contributed by atoms with E-state index in [1.54, 1.807) is 13.8 Å². The molecule has 0 aliphatic carbocycles. The van der Waals surface area contributed by atoms with Gasteiger partial charge in [0.05, 0.1) is 5.69 Å². The standard InChI is InChI=1S/C14H15FN2O2/c1-4-11-13(9(3)19-17-11)14(18)16-12-6-5-10(15)7-8(12)2/h5-7H,4H2,1-3H3,(H,16,18). The summed E-state index contributed by atoms with van der Waals surface area (Å²) in [5, 5.41) is 6.59. The van der Waals surface area contributed by atoms with E-state index >= 15 is 0 Å². The average Bonchev–Trinajstić information content (AvgIpc) is 2.74. The summed E-state index contributed by atoms with van der Waals surface area (Å²) in [7, 11) is 0. The number of carbonyl (C=O) groups is 1. The quantitative estimate of drug-likeness (QED) is 0.923. The van der Waals surface area contributed by atoms with Gasteiger partial charge in [0.2, 0.25) is 0 Å². The van der Waals surface area contributed by atoms with Gasteiger partial charge in [-0.2, -0.15) is 0 Å². The van der Waals surface area contributed by atoms with Gasteiger partial charge in [0.1, 0.15) is 17.1 Å². The number of nitrogens with zero attached hydrogens (tertiary/aromatic N) is 1. The Labute approximate surface area is 110 Å². The molecule has 0 radical (unpaired) electrons. The molecule has 19 heavy (non-hydrogen) atoms. The molecule has 0 saturated carbocycles. The van der Waals surface area contributed by atoms with Crippen LogP contribution in [0.5, 0.6) is 0 Å². The monoisotopic (exact) mass is 262 g/mol. The minimum absolute atomic E-state index is 0.287. The molecule has 1 aromatic heterocycles. The van der Waals surface area contributed by atoms with Crippen molar-refractivity contribution in [2.24, 2.45) is 0 Å². The van der Waals surface area contributed by atoms with Crippen molar-refractivity contribution in [2.75, 3.05) is 5.32 Å². The zero-order chi connectivity index (χ0) is 14.0. The largest absolute Gasteiger partial charge is 0.361 e. The summed E-state index contributed by atoms with van der Waals surface area (Å²) in [4.78, 5) is 12.2. The van der Waals surface area contributed by atoms with Gasteiger partial charge >= 0.3 is 0 Å². The van der Waals surface area contributed by atoms with Crippen molar-refractivity contribution in [3.63, 3.8) is 0 Å². The summed E-state index contributed by atoms with van der Waals surface area (Å²) in [6.45, 7) is 5.33. The summed E-state index contributed by atoms with van der Waals surface area (Å²) in [5.41, 5.74) is 2.32. The Bertz CT molecular complexity index is 620. The minimum atomic E-state index is -0.328. The van der Waals surface area contributed by atoms with Crippen molar-refractivity contribution >= 4 is 11.6 Å². The Morgan fingerprint density at radius 1 is 1.42 bits per heavy atom. The normalized spacial score (nSPS) is 10.5. The van der Waals surface area contributed by atoms with E-state index in [-0.39, 0.29) is 11.7 Å². The van der Waals surface area contributed by atoms with Crippen LogP contribution in [0.2, 0.25) is 0 Å². The number of amides is 1. The number of rotatable bonds is 3. The number of nitrogens with one attached hydrogen (secondary N) is 1. The second kappa shape index (κ2) is 5.22. The van der Waals surface area contributed by atoms with Crippen LogP contribution in [0.3, 0.4) is 0 Å². The fourth-order valence-corrected chi connectivity index (χ4v) is 1.90. The molecule has 0 unspecified atom stereocenters. The first-order chi connectivity index (χ1) is 9.02. The highest BCUT2D eigenvalue weighted by Gasteiger charge is 2.19. The molecular formula is C14H15FN2O2. The van der Waals surface area contributed by atoms with Crippen molar-refractivity contribution in [3.8, 4) is 0 Å². The van der Waals surface area contributed by atoms with Crippen LogP contribution in [0.25, 0.3) is 0 Å². The SMILES string of the molecule is CCc1noc(C)c1C(=O)Nc1ccc(F)cc1C. The Morgan fingerprint density at radius 3 is 2.79 bits per heavy atom. The molecule has 2 aromatic rings. The van der Waals surface area contributed by atoms with Crippen molar-refractivity contribution in [1.29, 1.82) is 0 Å². The van der Waals surface area contributed by atoms with Gasteiger partial charge in [-0.25, -0.2) is 4.39 Å². The molecule has 5 heteroatoms.